The summed E-state index contributed by atoms with van der Waals surface area (Å²) in [5, 5.41) is 5.50. The van der Waals surface area contributed by atoms with E-state index in [9.17, 15) is 4.79 Å². The molecule has 0 spiro atoms. The highest BCUT2D eigenvalue weighted by atomic mass is 32.2. The summed E-state index contributed by atoms with van der Waals surface area (Å²) in [6, 6.07) is 20.8. The predicted molar refractivity (Wildman–Crippen MR) is 105 cm³/mol. The van der Waals surface area contributed by atoms with Crippen LogP contribution in [0.1, 0.15) is 16.7 Å². The quantitative estimate of drug-likeness (QED) is 0.683. The Labute approximate surface area is 147 Å². The van der Waals surface area contributed by atoms with Gasteiger partial charge in [-0.3, -0.25) is 4.79 Å². The van der Waals surface area contributed by atoms with E-state index in [0.29, 0.717) is 5.75 Å². The molecule has 0 fully saturated rings. The molecule has 0 aromatic heterocycles. The van der Waals surface area contributed by atoms with Crippen LogP contribution in [0.3, 0.4) is 0 Å². The van der Waals surface area contributed by atoms with E-state index in [2.05, 4.69) is 54.7 Å². The Kier molecular flexibility index (Phi) is 5.21. The second-order valence-corrected chi connectivity index (χ2v) is 6.96. The van der Waals surface area contributed by atoms with Gasteiger partial charge in [-0.1, -0.05) is 54.6 Å². The van der Waals surface area contributed by atoms with Gasteiger partial charge in [0.25, 0.3) is 0 Å². The van der Waals surface area contributed by atoms with Gasteiger partial charge in [0.15, 0.2) is 0 Å². The van der Waals surface area contributed by atoms with Crippen molar-refractivity contribution >= 4 is 34.1 Å². The monoisotopic (exact) mass is 335 g/mol. The Morgan fingerprint density at radius 1 is 0.958 bits per heavy atom. The third-order valence-corrected chi connectivity index (χ3v) is 5.20. The van der Waals surface area contributed by atoms with Crippen LogP contribution < -0.4 is 5.32 Å². The highest BCUT2D eigenvalue weighted by Gasteiger charge is 2.06. The SMILES string of the molecule is Cc1cccc(NC(=O)CSCc2ccc3ccccc3c2)c1C. The van der Waals surface area contributed by atoms with Crippen molar-refractivity contribution in [3.63, 3.8) is 0 Å². The lowest BCUT2D eigenvalue weighted by Crippen LogP contribution is -2.15. The zero-order valence-corrected chi connectivity index (χ0v) is 14.8. The van der Waals surface area contributed by atoms with Crippen LogP contribution in [0, 0.1) is 13.8 Å². The minimum Gasteiger partial charge on any atom is -0.325 e. The summed E-state index contributed by atoms with van der Waals surface area (Å²) in [7, 11) is 0. The van der Waals surface area contributed by atoms with Crippen LogP contribution in [0.5, 0.6) is 0 Å². The first-order valence-corrected chi connectivity index (χ1v) is 9.20. The van der Waals surface area contributed by atoms with Crippen molar-refractivity contribution in [2.24, 2.45) is 0 Å². The molecule has 3 rings (SSSR count). The summed E-state index contributed by atoms with van der Waals surface area (Å²) in [5.74, 6) is 1.35. The van der Waals surface area contributed by atoms with Crippen LogP contribution in [0.25, 0.3) is 10.8 Å². The Bertz CT molecular complexity index is 873. The Morgan fingerprint density at radius 2 is 1.75 bits per heavy atom. The number of nitrogens with one attached hydrogen (secondary N) is 1. The molecule has 0 saturated heterocycles. The Balaban J connectivity index is 1.55. The van der Waals surface area contributed by atoms with E-state index in [1.54, 1.807) is 11.8 Å². The maximum absolute atomic E-state index is 12.1. The number of hydrogen-bond donors (Lipinski definition) is 1. The van der Waals surface area contributed by atoms with Gasteiger partial charge in [-0.15, -0.1) is 11.8 Å². The second-order valence-electron chi connectivity index (χ2n) is 5.97. The first-order valence-electron chi connectivity index (χ1n) is 8.05. The first kappa shape index (κ1) is 16.6. The number of benzene rings is 3. The number of carbonyl (C=O) groups is 1. The van der Waals surface area contributed by atoms with Gasteiger partial charge >= 0.3 is 0 Å². The molecule has 3 aromatic carbocycles. The number of anilines is 1. The highest BCUT2D eigenvalue weighted by Crippen LogP contribution is 2.21. The van der Waals surface area contributed by atoms with Gasteiger partial charge in [-0.05, 0) is 47.4 Å². The van der Waals surface area contributed by atoms with E-state index in [4.69, 9.17) is 0 Å². The van der Waals surface area contributed by atoms with E-state index >= 15 is 0 Å². The molecule has 0 atom stereocenters. The molecule has 1 amide bonds. The fourth-order valence-corrected chi connectivity index (χ4v) is 3.44. The number of fused-ring (bicyclic) bond motifs is 1. The topological polar surface area (TPSA) is 29.1 Å². The van der Waals surface area contributed by atoms with E-state index in [-0.39, 0.29) is 5.91 Å². The standard InChI is InChI=1S/C21H21NOS/c1-15-6-5-9-20(16(15)2)22-21(23)14-24-13-17-10-11-18-7-3-4-8-19(18)12-17/h3-12H,13-14H2,1-2H3,(H,22,23). The molecule has 3 aromatic rings. The fourth-order valence-electron chi connectivity index (χ4n) is 2.66. The summed E-state index contributed by atoms with van der Waals surface area (Å²) in [5.41, 5.74) is 4.48. The zero-order chi connectivity index (χ0) is 16.9. The van der Waals surface area contributed by atoms with Crippen LogP contribution in [0.15, 0.2) is 60.7 Å². The minimum absolute atomic E-state index is 0.0505. The normalized spacial score (nSPS) is 10.8. The fraction of sp³-hybridized carbons (Fsp3) is 0.190. The molecule has 3 heteroatoms. The Hall–Kier alpha value is -2.26. The largest absolute Gasteiger partial charge is 0.325 e. The van der Waals surface area contributed by atoms with Gasteiger partial charge in [-0.2, -0.15) is 0 Å². The van der Waals surface area contributed by atoms with Gasteiger partial charge in [-0.25, -0.2) is 0 Å². The highest BCUT2D eigenvalue weighted by molar-refractivity contribution is 7.99. The number of thioether (sulfide) groups is 1. The molecule has 0 radical (unpaired) electrons. The van der Waals surface area contributed by atoms with Crippen molar-refractivity contribution in [2.75, 3.05) is 11.1 Å². The second kappa shape index (κ2) is 7.54. The van der Waals surface area contributed by atoms with Gasteiger partial charge in [0.05, 0.1) is 5.75 Å². The van der Waals surface area contributed by atoms with Crippen LogP contribution in [0.2, 0.25) is 0 Å². The van der Waals surface area contributed by atoms with Crippen LogP contribution in [-0.2, 0) is 10.5 Å². The molecular weight excluding hydrogens is 314 g/mol. The van der Waals surface area contributed by atoms with E-state index in [0.717, 1.165) is 17.0 Å². The lowest BCUT2D eigenvalue weighted by Gasteiger charge is -2.10. The van der Waals surface area contributed by atoms with Gasteiger partial charge in [0, 0.05) is 11.4 Å². The summed E-state index contributed by atoms with van der Waals surface area (Å²) < 4.78 is 0. The number of amides is 1. The van der Waals surface area contributed by atoms with Crippen molar-refractivity contribution in [2.45, 2.75) is 19.6 Å². The molecule has 2 nitrogen and oxygen atoms in total. The molecule has 0 heterocycles. The first-order chi connectivity index (χ1) is 11.6. The van der Waals surface area contributed by atoms with Gasteiger partial charge < -0.3 is 5.32 Å². The molecule has 0 aliphatic rings. The van der Waals surface area contributed by atoms with E-state index < -0.39 is 0 Å². The molecule has 122 valence electrons. The molecular formula is C21H21NOS. The van der Waals surface area contributed by atoms with E-state index in [1.807, 2.05) is 25.1 Å². The third-order valence-electron chi connectivity index (χ3n) is 4.19. The van der Waals surface area contributed by atoms with Crippen LogP contribution in [-0.4, -0.2) is 11.7 Å². The van der Waals surface area contributed by atoms with Gasteiger partial charge in [0.2, 0.25) is 5.91 Å². The summed E-state index contributed by atoms with van der Waals surface area (Å²) >= 11 is 1.64. The summed E-state index contributed by atoms with van der Waals surface area (Å²) in [6.07, 6.45) is 0. The molecule has 0 saturated carbocycles. The smallest absolute Gasteiger partial charge is 0.234 e. The lowest BCUT2D eigenvalue weighted by atomic mass is 10.1. The summed E-state index contributed by atoms with van der Waals surface area (Å²) in [6.45, 7) is 4.09. The number of hydrogen-bond acceptors (Lipinski definition) is 2. The molecule has 0 bridgehead atoms. The maximum atomic E-state index is 12.1. The summed E-state index contributed by atoms with van der Waals surface area (Å²) in [4.78, 5) is 12.1. The average molecular weight is 335 g/mol. The zero-order valence-electron chi connectivity index (χ0n) is 14.0. The van der Waals surface area contributed by atoms with Crippen molar-refractivity contribution in [3.8, 4) is 0 Å². The molecule has 1 N–H and O–H groups in total. The lowest BCUT2D eigenvalue weighted by molar-refractivity contribution is -0.113. The molecule has 0 aliphatic carbocycles. The molecule has 0 unspecified atom stereocenters. The Morgan fingerprint density at radius 3 is 2.58 bits per heavy atom. The predicted octanol–water partition coefficient (Wildman–Crippen LogP) is 5.33. The van der Waals surface area contributed by atoms with Crippen molar-refractivity contribution in [1.29, 1.82) is 0 Å². The number of aryl methyl sites for hydroxylation is 1. The third kappa shape index (κ3) is 3.98. The van der Waals surface area contributed by atoms with E-state index in [1.165, 1.54) is 21.9 Å². The van der Waals surface area contributed by atoms with Crippen molar-refractivity contribution in [3.05, 3.63) is 77.4 Å². The van der Waals surface area contributed by atoms with Gasteiger partial charge in [0.1, 0.15) is 0 Å². The van der Waals surface area contributed by atoms with Crippen LogP contribution >= 0.6 is 11.8 Å². The average Bonchev–Trinajstić information content (AvgIpc) is 2.59. The molecule has 0 aliphatic heterocycles. The molecule has 24 heavy (non-hydrogen) atoms. The van der Waals surface area contributed by atoms with Crippen LogP contribution in [0.4, 0.5) is 5.69 Å². The number of carbonyl (C=O) groups excluding carboxylic acids is 1. The minimum atomic E-state index is 0.0505. The van der Waals surface area contributed by atoms with Crippen molar-refractivity contribution < 1.29 is 4.79 Å². The number of rotatable bonds is 5. The van der Waals surface area contributed by atoms with Crippen molar-refractivity contribution in [1.82, 2.24) is 0 Å². The maximum Gasteiger partial charge on any atom is 0.234 e.